The Morgan fingerprint density at radius 2 is 1.85 bits per heavy atom. The topological polar surface area (TPSA) is 26.0 Å². The molecule has 0 aliphatic rings. The van der Waals surface area contributed by atoms with Gasteiger partial charge in [0, 0.05) is 11.9 Å². The molecule has 0 aromatic heterocycles. The van der Waals surface area contributed by atoms with E-state index < -0.39 is 0 Å². The normalized spacial score (nSPS) is 12.9. The molecule has 72 valence electrons. The van der Waals surface area contributed by atoms with Crippen LogP contribution in [0.5, 0.6) is 0 Å². The minimum atomic E-state index is 0.0554. The van der Waals surface area contributed by atoms with Crippen molar-refractivity contribution in [1.82, 2.24) is 0 Å². The highest BCUT2D eigenvalue weighted by molar-refractivity contribution is 6.20. The van der Waals surface area contributed by atoms with Gasteiger partial charge < -0.3 is 5.73 Å². The molecule has 13 heavy (non-hydrogen) atoms. The summed E-state index contributed by atoms with van der Waals surface area (Å²) in [6, 6.07) is 6.30. The van der Waals surface area contributed by atoms with Crippen LogP contribution in [0.15, 0.2) is 18.2 Å². The summed E-state index contributed by atoms with van der Waals surface area (Å²) >= 11 is 6.02. The van der Waals surface area contributed by atoms with Crippen molar-refractivity contribution >= 4 is 11.6 Å². The number of alkyl halides is 1. The molecule has 0 fully saturated rings. The first-order valence-corrected chi connectivity index (χ1v) is 4.98. The van der Waals surface area contributed by atoms with Crippen LogP contribution in [-0.4, -0.2) is 11.9 Å². The van der Waals surface area contributed by atoms with Gasteiger partial charge in [-0.1, -0.05) is 18.2 Å². The van der Waals surface area contributed by atoms with Gasteiger partial charge in [0.05, 0.1) is 0 Å². The van der Waals surface area contributed by atoms with E-state index in [1.54, 1.807) is 0 Å². The SMILES string of the molecule is Cc1cccc(C)c1CC(Cl)CN. The number of benzene rings is 1. The summed E-state index contributed by atoms with van der Waals surface area (Å²) in [5, 5.41) is 0.0554. The van der Waals surface area contributed by atoms with Gasteiger partial charge in [0.2, 0.25) is 0 Å². The average molecular weight is 198 g/mol. The van der Waals surface area contributed by atoms with Crippen LogP contribution in [0.25, 0.3) is 0 Å². The van der Waals surface area contributed by atoms with Gasteiger partial charge in [-0.2, -0.15) is 0 Å². The second kappa shape index (κ2) is 4.64. The first-order chi connectivity index (χ1) is 6.15. The minimum Gasteiger partial charge on any atom is -0.329 e. The number of aryl methyl sites for hydroxylation is 2. The molecule has 2 N–H and O–H groups in total. The number of hydrogen-bond donors (Lipinski definition) is 1. The molecule has 2 heteroatoms. The standard InChI is InChI=1S/C11H16ClN/c1-8-4-3-5-9(2)11(8)6-10(12)7-13/h3-5,10H,6-7,13H2,1-2H3. The van der Waals surface area contributed by atoms with Crippen molar-refractivity contribution < 1.29 is 0 Å². The molecular weight excluding hydrogens is 182 g/mol. The van der Waals surface area contributed by atoms with E-state index in [0.29, 0.717) is 6.54 Å². The maximum absolute atomic E-state index is 6.02. The Kier molecular flexibility index (Phi) is 3.76. The summed E-state index contributed by atoms with van der Waals surface area (Å²) in [6.07, 6.45) is 0.872. The second-order valence-corrected chi connectivity index (χ2v) is 4.02. The smallest absolute Gasteiger partial charge is 0.0498 e. The Hall–Kier alpha value is -0.530. The van der Waals surface area contributed by atoms with Crippen LogP contribution in [0.2, 0.25) is 0 Å². The average Bonchev–Trinajstić information content (AvgIpc) is 2.11. The van der Waals surface area contributed by atoms with Crippen LogP contribution >= 0.6 is 11.6 Å². The summed E-state index contributed by atoms with van der Waals surface area (Å²) in [5.41, 5.74) is 9.44. The lowest BCUT2D eigenvalue weighted by molar-refractivity contribution is 0.832. The summed E-state index contributed by atoms with van der Waals surface area (Å²) in [4.78, 5) is 0. The number of nitrogens with two attached hydrogens (primary N) is 1. The first-order valence-electron chi connectivity index (χ1n) is 4.54. The molecule has 1 aromatic rings. The van der Waals surface area contributed by atoms with Gasteiger partial charge in [-0.3, -0.25) is 0 Å². The Bertz CT molecular complexity index is 263. The predicted molar refractivity (Wildman–Crippen MR) is 58.3 cm³/mol. The van der Waals surface area contributed by atoms with Crippen molar-refractivity contribution in [3.63, 3.8) is 0 Å². The van der Waals surface area contributed by atoms with Crippen LogP contribution in [0, 0.1) is 13.8 Å². The Labute approximate surface area is 84.9 Å². The zero-order valence-electron chi connectivity index (χ0n) is 8.18. The van der Waals surface area contributed by atoms with E-state index in [0.717, 1.165) is 6.42 Å². The fourth-order valence-electron chi connectivity index (χ4n) is 1.48. The van der Waals surface area contributed by atoms with Crippen LogP contribution in [0.3, 0.4) is 0 Å². The molecule has 0 spiro atoms. The molecule has 1 rings (SSSR count). The zero-order valence-corrected chi connectivity index (χ0v) is 8.93. The van der Waals surface area contributed by atoms with Crippen molar-refractivity contribution in [3.8, 4) is 0 Å². The van der Waals surface area contributed by atoms with Crippen LogP contribution in [0.4, 0.5) is 0 Å². The summed E-state index contributed by atoms with van der Waals surface area (Å²) in [5.74, 6) is 0. The molecule has 0 amide bonds. The van der Waals surface area contributed by atoms with Gasteiger partial charge in [0.25, 0.3) is 0 Å². The van der Waals surface area contributed by atoms with Crippen LogP contribution in [0.1, 0.15) is 16.7 Å². The predicted octanol–water partition coefficient (Wildman–Crippen LogP) is 2.41. The fraction of sp³-hybridized carbons (Fsp3) is 0.455. The van der Waals surface area contributed by atoms with Crippen LogP contribution < -0.4 is 5.73 Å². The minimum absolute atomic E-state index is 0.0554. The molecule has 1 aromatic carbocycles. The molecule has 0 aliphatic heterocycles. The molecule has 0 saturated heterocycles. The van der Waals surface area contributed by atoms with E-state index in [4.69, 9.17) is 17.3 Å². The molecule has 0 bridgehead atoms. The largest absolute Gasteiger partial charge is 0.329 e. The van der Waals surface area contributed by atoms with E-state index in [1.165, 1.54) is 16.7 Å². The monoisotopic (exact) mass is 197 g/mol. The lowest BCUT2D eigenvalue weighted by atomic mass is 9.98. The second-order valence-electron chi connectivity index (χ2n) is 3.41. The lowest BCUT2D eigenvalue weighted by Crippen LogP contribution is -2.17. The van der Waals surface area contributed by atoms with E-state index in [9.17, 15) is 0 Å². The fourth-order valence-corrected chi connectivity index (χ4v) is 1.63. The van der Waals surface area contributed by atoms with E-state index in [-0.39, 0.29) is 5.38 Å². The number of halogens is 1. The van der Waals surface area contributed by atoms with Crippen molar-refractivity contribution in [2.24, 2.45) is 5.73 Å². The third-order valence-corrected chi connectivity index (χ3v) is 2.66. The van der Waals surface area contributed by atoms with Gasteiger partial charge in [-0.25, -0.2) is 0 Å². The zero-order chi connectivity index (χ0) is 9.84. The van der Waals surface area contributed by atoms with Gasteiger partial charge in [0.1, 0.15) is 0 Å². The van der Waals surface area contributed by atoms with Crippen molar-refractivity contribution in [2.75, 3.05) is 6.54 Å². The van der Waals surface area contributed by atoms with E-state index in [1.807, 2.05) is 0 Å². The van der Waals surface area contributed by atoms with Gasteiger partial charge >= 0.3 is 0 Å². The third-order valence-electron chi connectivity index (χ3n) is 2.33. The molecule has 1 unspecified atom stereocenters. The molecule has 0 saturated carbocycles. The lowest BCUT2D eigenvalue weighted by Gasteiger charge is -2.12. The van der Waals surface area contributed by atoms with Gasteiger partial charge in [-0.05, 0) is 37.0 Å². The molecule has 1 nitrogen and oxygen atoms in total. The highest BCUT2D eigenvalue weighted by Crippen LogP contribution is 2.16. The Balaban J connectivity index is 2.87. The summed E-state index contributed by atoms with van der Waals surface area (Å²) in [7, 11) is 0. The Morgan fingerprint density at radius 3 is 2.31 bits per heavy atom. The van der Waals surface area contributed by atoms with Crippen molar-refractivity contribution in [2.45, 2.75) is 25.6 Å². The summed E-state index contributed by atoms with van der Waals surface area (Å²) < 4.78 is 0. The molecule has 0 aliphatic carbocycles. The van der Waals surface area contributed by atoms with Crippen molar-refractivity contribution in [3.05, 3.63) is 34.9 Å². The third kappa shape index (κ3) is 2.71. The maximum atomic E-state index is 6.02. The number of hydrogen-bond acceptors (Lipinski definition) is 1. The van der Waals surface area contributed by atoms with Crippen molar-refractivity contribution in [1.29, 1.82) is 0 Å². The van der Waals surface area contributed by atoms with E-state index in [2.05, 4.69) is 32.0 Å². The first kappa shape index (κ1) is 10.6. The van der Waals surface area contributed by atoms with Gasteiger partial charge in [-0.15, -0.1) is 11.6 Å². The molecule has 0 radical (unpaired) electrons. The quantitative estimate of drug-likeness (QED) is 0.741. The summed E-state index contributed by atoms with van der Waals surface area (Å²) in [6.45, 7) is 4.76. The highest BCUT2D eigenvalue weighted by atomic mass is 35.5. The molecule has 0 heterocycles. The van der Waals surface area contributed by atoms with Crippen LogP contribution in [-0.2, 0) is 6.42 Å². The van der Waals surface area contributed by atoms with Gasteiger partial charge in [0.15, 0.2) is 0 Å². The number of rotatable bonds is 3. The highest BCUT2D eigenvalue weighted by Gasteiger charge is 2.07. The molecule has 1 atom stereocenters. The Morgan fingerprint density at radius 1 is 1.31 bits per heavy atom. The maximum Gasteiger partial charge on any atom is 0.0498 e. The molecular formula is C11H16ClN. The van der Waals surface area contributed by atoms with E-state index >= 15 is 0 Å².